The van der Waals surface area contributed by atoms with Crippen LogP contribution in [-0.4, -0.2) is 36.5 Å². The van der Waals surface area contributed by atoms with Gasteiger partial charge in [0, 0.05) is 11.3 Å². The number of sulfonamides is 1. The van der Waals surface area contributed by atoms with Gasteiger partial charge in [-0.3, -0.25) is 9.52 Å². The highest BCUT2D eigenvalue weighted by Gasteiger charge is 2.12. The van der Waals surface area contributed by atoms with Crippen molar-refractivity contribution in [3.8, 4) is 11.5 Å². The summed E-state index contributed by atoms with van der Waals surface area (Å²) in [4.78, 5) is 11.8. The molecule has 0 aliphatic rings. The number of nitrogens with zero attached hydrogens (tertiary/aromatic N) is 2. The minimum absolute atomic E-state index is 0.125. The fourth-order valence-electron chi connectivity index (χ4n) is 2.06. The molecule has 0 bridgehead atoms. The molecular formula is C16H16N4O5S2. The predicted octanol–water partition coefficient (Wildman–Crippen LogP) is 2.11. The van der Waals surface area contributed by atoms with Crippen LogP contribution in [0, 0.1) is 0 Å². The Bertz CT molecular complexity index is 998. The molecule has 0 saturated heterocycles. The van der Waals surface area contributed by atoms with Gasteiger partial charge in [0.2, 0.25) is 21.8 Å². The molecule has 9 nitrogen and oxygen atoms in total. The van der Waals surface area contributed by atoms with Crippen LogP contribution >= 0.6 is 11.8 Å². The van der Waals surface area contributed by atoms with Crippen molar-refractivity contribution in [3.63, 3.8) is 0 Å². The number of carbonyl (C=O) groups is 1. The summed E-state index contributed by atoms with van der Waals surface area (Å²) < 4.78 is 35.4. The molecule has 0 aliphatic heterocycles. The first-order valence-electron chi connectivity index (χ1n) is 7.73. The Kier molecular flexibility index (Phi) is 5.81. The van der Waals surface area contributed by atoms with Crippen LogP contribution in [0.3, 0.4) is 0 Å². The molecule has 27 heavy (non-hydrogen) atoms. The summed E-state index contributed by atoms with van der Waals surface area (Å²) in [5.74, 6) is 0.883. The molecule has 1 amide bonds. The van der Waals surface area contributed by atoms with Crippen molar-refractivity contribution in [3.05, 3.63) is 48.4 Å². The number of furan rings is 1. The molecule has 0 saturated carbocycles. The lowest BCUT2D eigenvalue weighted by atomic mass is 10.2. The molecule has 0 spiro atoms. The molecule has 11 heteroatoms. The Labute approximate surface area is 159 Å². The van der Waals surface area contributed by atoms with Gasteiger partial charge in [0.1, 0.15) is 5.76 Å². The number of carbonyl (C=O) groups excluding carboxylic acids is 1. The standard InChI is InChI=1S/C16H16N4O5S2/c1-27(22,23)20-12-6-4-11(5-7-12)15-18-19-16(25-15)26-10-14(21)17-9-13-3-2-8-24-13/h2-8,20H,9-10H2,1H3,(H,17,21). The first-order valence-corrected chi connectivity index (χ1v) is 10.6. The molecular weight excluding hydrogens is 392 g/mol. The van der Waals surface area contributed by atoms with E-state index in [1.807, 2.05) is 0 Å². The highest BCUT2D eigenvalue weighted by Crippen LogP contribution is 2.24. The summed E-state index contributed by atoms with van der Waals surface area (Å²) in [6, 6.07) is 10.0. The van der Waals surface area contributed by atoms with E-state index in [9.17, 15) is 13.2 Å². The topological polar surface area (TPSA) is 127 Å². The first-order chi connectivity index (χ1) is 12.9. The third-order valence-corrected chi connectivity index (χ3v) is 4.63. The summed E-state index contributed by atoms with van der Waals surface area (Å²) in [6.45, 7) is 0.315. The molecule has 0 aliphatic carbocycles. The van der Waals surface area contributed by atoms with Gasteiger partial charge in [0.15, 0.2) is 0 Å². The summed E-state index contributed by atoms with van der Waals surface area (Å²) in [7, 11) is -3.33. The number of thioether (sulfide) groups is 1. The Morgan fingerprint density at radius 2 is 1.96 bits per heavy atom. The Hall–Kier alpha value is -2.79. The van der Waals surface area contributed by atoms with Crippen LogP contribution in [0.4, 0.5) is 5.69 Å². The average Bonchev–Trinajstić information content (AvgIpc) is 3.29. The van der Waals surface area contributed by atoms with Crippen LogP contribution < -0.4 is 10.0 Å². The number of nitrogens with one attached hydrogen (secondary N) is 2. The largest absolute Gasteiger partial charge is 0.467 e. The number of benzene rings is 1. The zero-order valence-corrected chi connectivity index (χ0v) is 15.8. The van der Waals surface area contributed by atoms with E-state index in [0.717, 1.165) is 18.0 Å². The van der Waals surface area contributed by atoms with Crippen molar-refractivity contribution in [1.29, 1.82) is 0 Å². The molecule has 142 valence electrons. The van der Waals surface area contributed by atoms with E-state index < -0.39 is 10.0 Å². The smallest absolute Gasteiger partial charge is 0.277 e. The zero-order valence-electron chi connectivity index (χ0n) is 14.2. The van der Waals surface area contributed by atoms with E-state index >= 15 is 0 Å². The fraction of sp³-hybridized carbons (Fsp3) is 0.188. The minimum atomic E-state index is -3.33. The monoisotopic (exact) mass is 408 g/mol. The lowest BCUT2D eigenvalue weighted by Gasteiger charge is -2.03. The van der Waals surface area contributed by atoms with Crippen molar-refractivity contribution in [2.24, 2.45) is 0 Å². The number of hydrogen-bond donors (Lipinski definition) is 2. The number of hydrogen-bond acceptors (Lipinski definition) is 8. The molecule has 1 aromatic carbocycles. The van der Waals surface area contributed by atoms with Gasteiger partial charge in [-0.1, -0.05) is 11.8 Å². The highest BCUT2D eigenvalue weighted by atomic mass is 32.2. The van der Waals surface area contributed by atoms with Crippen molar-refractivity contribution < 1.29 is 22.0 Å². The quantitative estimate of drug-likeness (QED) is 0.543. The lowest BCUT2D eigenvalue weighted by Crippen LogP contribution is -2.24. The van der Waals surface area contributed by atoms with E-state index in [2.05, 4.69) is 20.2 Å². The van der Waals surface area contributed by atoms with E-state index in [1.54, 1.807) is 42.7 Å². The maximum absolute atomic E-state index is 11.8. The maximum Gasteiger partial charge on any atom is 0.277 e. The molecule has 2 aromatic heterocycles. The molecule has 0 radical (unpaired) electrons. The van der Waals surface area contributed by atoms with Crippen molar-refractivity contribution in [2.45, 2.75) is 11.8 Å². The van der Waals surface area contributed by atoms with Gasteiger partial charge >= 0.3 is 0 Å². The SMILES string of the molecule is CS(=O)(=O)Nc1ccc(-c2nnc(SCC(=O)NCc3ccco3)o2)cc1. The van der Waals surface area contributed by atoms with Gasteiger partial charge in [-0.2, -0.15) is 0 Å². The molecule has 2 N–H and O–H groups in total. The second-order valence-electron chi connectivity index (χ2n) is 5.47. The number of anilines is 1. The zero-order chi connectivity index (χ0) is 19.3. The molecule has 3 rings (SSSR count). The third kappa shape index (κ3) is 5.86. The van der Waals surface area contributed by atoms with Crippen molar-refractivity contribution >= 4 is 33.4 Å². The van der Waals surface area contributed by atoms with Gasteiger partial charge < -0.3 is 14.2 Å². The molecule has 0 atom stereocenters. The van der Waals surface area contributed by atoms with E-state index in [1.165, 1.54) is 0 Å². The molecule has 2 heterocycles. The third-order valence-electron chi connectivity index (χ3n) is 3.21. The Balaban J connectivity index is 1.52. The van der Waals surface area contributed by atoms with Crippen LogP contribution in [0.1, 0.15) is 5.76 Å². The van der Waals surface area contributed by atoms with Gasteiger partial charge in [-0.15, -0.1) is 10.2 Å². The highest BCUT2D eigenvalue weighted by molar-refractivity contribution is 7.99. The van der Waals surface area contributed by atoms with Crippen LogP contribution in [0.5, 0.6) is 0 Å². The van der Waals surface area contributed by atoms with Gasteiger partial charge in [-0.25, -0.2) is 8.42 Å². The molecule has 0 unspecified atom stereocenters. The number of rotatable bonds is 8. The molecule has 0 fully saturated rings. The number of amides is 1. The fourth-order valence-corrected chi connectivity index (χ4v) is 3.21. The van der Waals surface area contributed by atoms with E-state index in [4.69, 9.17) is 8.83 Å². The lowest BCUT2D eigenvalue weighted by molar-refractivity contribution is -0.118. The predicted molar refractivity (Wildman–Crippen MR) is 99.5 cm³/mol. The minimum Gasteiger partial charge on any atom is -0.467 e. The summed E-state index contributed by atoms with van der Waals surface area (Å²) in [6.07, 6.45) is 2.62. The second-order valence-corrected chi connectivity index (χ2v) is 8.14. The summed E-state index contributed by atoms with van der Waals surface area (Å²) >= 11 is 1.12. The summed E-state index contributed by atoms with van der Waals surface area (Å²) in [5.41, 5.74) is 1.07. The second kappa shape index (κ2) is 8.27. The average molecular weight is 408 g/mol. The maximum atomic E-state index is 11.8. The van der Waals surface area contributed by atoms with Crippen molar-refractivity contribution in [1.82, 2.24) is 15.5 Å². The van der Waals surface area contributed by atoms with Crippen LogP contribution in [0.2, 0.25) is 0 Å². The van der Waals surface area contributed by atoms with Crippen LogP contribution in [0.25, 0.3) is 11.5 Å². The van der Waals surface area contributed by atoms with Crippen LogP contribution in [-0.2, 0) is 21.4 Å². The first kappa shape index (κ1) is 19.0. The number of aromatic nitrogens is 2. The van der Waals surface area contributed by atoms with Crippen molar-refractivity contribution in [2.75, 3.05) is 16.7 Å². The van der Waals surface area contributed by atoms with E-state index in [-0.39, 0.29) is 22.8 Å². The van der Waals surface area contributed by atoms with Gasteiger partial charge in [-0.05, 0) is 36.4 Å². The normalized spacial score (nSPS) is 11.3. The van der Waals surface area contributed by atoms with Gasteiger partial charge in [0.25, 0.3) is 5.22 Å². The van der Waals surface area contributed by atoms with E-state index in [0.29, 0.717) is 23.6 Å². The Morgan fingerprint density at radius 3 is 2.63 bits per heavy atom. The van der Waals surface area contributed by atoms with Crippen LogP contribution in [0.15, 0.2) is 56.7 Å². The summed E-state index contributed by atoms with van der Waals surface area (Å²) in [5, 5.41) is 10.8. The van der Waals surface area contributed by atoms with Gasteiger partial charge in [0.05, 0.1) is 24.8 Å². The molecule has 3 aromatic rings. The Morgan fingerprint density at radius 1 is 1.19 bits per heavy atom.